The first-order valence-electron chi connectivity index (χ1n) is 9.83. The zero-order valence-electron chi connectivity index (χ0n) is 17.8. The molecule has 1 atom stereocenters. The molecule has 0 aliphatic rings. The van der Waals surface area contributed by atoms with Gasteiger partial charge in [-0.1, -0.05) is 25.1 Å². The second-order valence-corrected chi connectivity index (χ2v) is 8.75. The van der Waals surface area contributed by atoms with Crippen LogP contribution in [0.15, 0.2) is 52.1 Å². The number of carbonyl (C=O) groups is 1. The minimum absolute atomic E-state index is 0.0399. The van der Waals surface area contributed by atoms with Gasteiger partial charge in [0.1, 0.15) is 0 Å². The van der Waals surface area contributed by atoms with Crippen LogP contribution in [0.5, 0.6) is 0 Å². The number of carbonyl (C=O) groups excluding carboxylic acids is 1. The molecule has 10 heteroatoms. The van der Waals surface area contributed by atoms with Gasteiger partial charge >= 0.3 is 5.97 Å². The van der Waals surface area contributed by atoms with Crippen molar-refractivity contribution in [1.82, 2.24) is 19.4 Å². The van der Waals surface area contributed by atoms with E-state index in [2.05, 4.69) is 15.1 Å². The second kappa shape index (κ2) is 9.36. The maximum absolute atomic E-state index is 12.8. The zero-order valence-corrected chi connectivity index (χ0v) is 18.6. The number of hydrogen-bond acceptors (Lipinski definition) is 8. The van der Waals surface area contributed by atoms with Crippen molar-refractivity contribution in [3.63, 3.8) is 0 Å². The van der Waals surface area contributed by atoms with Gasteiger partial charge in [0, 0.05) is 31.0 Å². The lowest BCUT2D eigenvalue weighted by molar-refractivity contribution is 0.0264. The van der Waals surface area contributed by atoms with Gasteiger partial charge in [-0.2, -0.15) is 9.29 Å². The lowest BCUT2D eigenvalue weighted by Crippen LogP contribution is -2.30. The summed E-state index contributed by atoms with van der Waals surface area (Å²) >= 11 is 0. The van der Waals surface area contributed by atoms with Crippen LogP contribution in [0.1, 0.15) is 48.7 Å². The van der Waals surface area contributed by atoms with E-state index < -0.39 is 22.1 Å². The average molecular weight is 445 g/mol. The SMILES string of the molecule is CCN(CC)S(=O)(=O)c1ccc(C)c(C(=O)OC(C)c2nc(-c3cccnc3)no2)c1. The van der Waals surface area contributed by atoms with Crippen molar-refractivity contribution in [3.05, 3.63) is 59.7 Å². The standard InChI is InChI=1S/C21H24N4O5S/c1-5-25(6-2)31(27,28)17-10-9-14(3)18(12-17)21(26)29-15(4)20-23-19(24-30-20)16-8-7-11-22-13-16/h7-13,15H,5-6H2,1-4H3. The molecule has 2 heterocycles. The Hall–Kier alpha value is -3.11. The fourth-order valence-electron chi connectivity index (χ4n) is 2.98. The predicted octanol–water partition coefficient (Wildman–Crippen LogP) is 3.39. The van der Waals surface area contributed by atoms with Crippen molar-refractivity contribution < 1.29 is 22.5 Å². The summed E-state index contributed by atoms with van der Waals surface area (Å²) < 4.78 is 37.6. The van der Waals surface area contributed by atoms with E-state index in [0.29, 0.717) is 30.0 Å². The van der Waals surface area contributed by atoms with Gasteiger partial charge in [-0.3, -0.25) is 4.98 Å². The third-order valence-electron chi connectivity index (χ3n) is 4.77. The summed E-state index contributed by atoms with van der Waals surface area (Å²) in [6.07, 6.45) is 2.40. The molecule has 0 radical (unpaired) electrons. The minimum Gasteiger partial charge on any atom is -0.449 e. The Labute approximate surface area is 181 Å². The molecule has 0 fully saturated rings. The number of aromatic nitrogens is 3. The van der Waals surface area contributed by atoms with Crippen LogP contribution in [0.3, 0.4) is 0 Å². The van der Waals surface area contributed by atoms with E-state index in [0.717, 1.165) is 0 Å². The van der Waals surface area contributed by atoms with E-state index in [1.165, 1.54) is 16.4 Å². The van der Waals surface area contributed by atoms with E-state index >= 15 is 0 Å². The number of esters is 1. The summed E-state index contributed by atoms with van der Waals surface area (Å²) in [5.74, 6) is -0.228. The largest absolute Gasteiger partial charge is 0.449 e. The Bertz CT molecular complexity index is 1160. The Morgan fingerprint density at radius 2 is 1.97 bits per heavy atom. The smallest absolute Gasteiger partial charge is 0.339 e. The normalized spacial score (nSPS) is 12.7. The van der Waals surface area contributed by atoms with Crippen LogP contribution in [0, 0.1) is 6.92 Å². The third kappa shape index (κ3) is 4.80. The highest BCUT2D eigenvalue weighted by Gasteiger charge is 2.25. The van der Waals surface area contributed by atoms with Crippen LogP contribution in [0.25, 0.3) is 11.4 Å². The molecule has 1 unspecified atom stereocenters. The lowest BCUT2D eigenvalue weighted by Gasteiger charge is -2.19. The van der Waals surface area contributed by atoms with Crippen molar-refractivity contribution >= 4 is 16.0 Å². The van der Waals surface area contributed by atoms with Gasteiger partial charge in [0.05, 0.1) is 10.5 Å². The van der Waals surface area contributed by atoms with Gasteiger partial charge in [-0.05, 0) is 43.7 Å². The monoisotopic (exact) mass is 444 g/mol. The average Bonchev–Trinajstić information content (AvgIpc) is 3.25. The van der Waals surface area contributed by atoms with E-state index in [1.807, 2.05) is 0 Å². The number of benzene rings is 1. The molecule has 164 valence electrons. The number of aryl methyl sites for hydroxylation is 1. The van der Waals surface area contributed by atoms with Gasteiger partial charge < -0.3 is 9.26 Å². The second-order valence-electron chi connectivity index (χ2n) is 6.81. The molecule has 3 rings (SSSR count). The summed E-state index contributed by atoms with van der Waals surface area (Å²) in [6, 6.07) is 7.94. The molecule has 0 saturated carbocycles. The first-order chi connectivity index (χ1) is 14.8. The number of nitrogens with zero attached hydrogens (tertiary/aromatic N) is 4. The number of ether oxygens (including phenoxy) is 1. The number of hydrogen-bond donors (Lipinski definition) is 0. The predicted molar refractivity (Wildman–Crippen MR) is 113 cm³/mol. The molecule has 0 aliphatic carbocycles. The molecule has 0 amide bonds. The molecule has 9 nitrogen and oxygen atoms in total. The van der Waals surface area contributed by atoms with Crippen LogP contribution in [0.2, 0.25) is 0 Å². The molecular weight excluding hydrogens is 420 g/mol. The van der Waals surface area contributed by atoms with Gasteiger partial charge in [0.2, 0.25) is 15.8 Å². The molecule has 0 bridgehead atoms. The molecule has 0 saturated heterocycles. The highest BCUT2D eigenvalue weighted by atomic mass is 32.2. The number of rotatable bonds is 8. The molecule has 0 N–H and O–H groups in total. The molecule has 0 aliphatic heterocycles. The molecule has 0 spiro atoms. The van der Waals surface area contributed by atoms with Crippen molar-refractivity contribution in [3.8, 4) is 11.4 Å². The van der Waals surface area contributed by atoms with Crippen molar-refractivity contribution in [2.75, 3.05) is 13.1 Å². The maximum Gasteiger partial charge on any atom is 0.339 e. The Kier molecular flexibility index (Phi) is 6.81. The van der Waals surface area contributed by atoms with Gasteiger partial charge in [-0.25, -0.2) is 13.2 Å². The lowest BCUT2D eigenvalue weighted by atomic mass is 10.1. The Morgan fingerprint density at radius 1 is 1.23 bits per heavy atom. The molecular formula is C21H24N4O5S. The topological polar surface area (TPSA) is 115 Å². The van der Waals surface area contributed by atoms with Crippen molar-refractivity contribution in [1.29, 1.82) is 0 Å². The Balaban J connectivity index is 1.81. The van der Waals surface area contributed by atoms with Crippen LogP contribution in [-0.2, 0) is 14.8 Å². The zero-order chi connectivity index (χ0) is 22.6. The third-order valence-corrected chi connectivity index (χ3v) is 6.81. The molecule has 31 heavy (non-hydrogen) atoms. The number of pyridine rings is 1. The maximum atomic E-state index is 12.8. The highest BCUT2D eigenvalue weighted by molar-refractivity contribution is 7.89. The highest BCUT2D eigenvalue weighted by Crippen LogP contribution is 2.24. The van der Waals surface area contributed by atoms with E-state index in [-0.39, 0.29) is 16.3 Å². The summed E-state index contributed by atoms with van der Waals surface area (Å²) in [6.45, 7) is 7.50. The fraction of sp³-hybridized carbons (Fsp3) is 0.333. The summed E-state index contributed by atoms with van der Waals surface area (Å²) in [7, 11) is -3.70. The summed E-state index contributed by atoms with van der Waals surface area (Å²) in [5, 5.41) is 3.89. The van der Waals surface area contributed by atoms with E-state index in [9.17, 15) is 13.2 Å². The fourth-order valence-corrected chi connectivity index (χ4v) is 4.47. The first-order valence-corrected chi connectivity index (χ1v) is 11.3. The van der Waals surface area contributed by atoms with Crippen LogP contribution >= 0.6 is 0 Å². The minimum atomic E-state index is -3.70. The first kappa shape index (κ1) is 22.6. The quantitative estimate of drug-likeness (QED) is 0.486. The van der Waals surface area contributed by atoms with Crippen LogP contribution < -0.4 is 0 Å². The molecule has 2 aromatic heterocycles. The van der Waals surface area contributed by atoms with Gasteiger partial charge in [0.25, 0.3) is 5.89 Å². The summed E-state index contributed by atoms with van der Waals surface area (Å²) in [5.41, 5.74) is 1.42. The van der Waals surface area contributed by atoms with E-state index in [1.54, 1.807) is 58.3 Å². The van der Waals surface area contributed by atoms with Gasteiger partial charge in [-0.15, -0.1) is 0 Å². The van der Waals surface area contributed by atoms with Crippen molar-refractivity contribution in [2.24, 2.45) is 0 Å². The number of sulfonamides is 1. The van der Waals surface area contributed by atoms with Gasteiger partial charge in [0.15, 0.2) is 6.10 Å². The van der Waals surface area contributed by atoms with Crippen LogP contribution in [-0.4, -0.2) is 46.9 Å². The summed E-state index contributed by atoms with van der Waals surface area (Å²) in [4.78, 5) is 21.1. The van der Waals surface area contributed by atoms with Crippen LogP contribution in [0.4, 0.5) is 0 Å². The van der Waals surface area contributed by atoms with Crippen molar-refractivity contribution in [2.45, 2.75) is 38.7 Å². The molecule has 1 aromatic carbocycles. The molecule has 3 aromatic rings. The van der Waals surface area contributed by atoms with E-state index in [4.69, 9.17) is 9.26 Å². The Morgan fingerprint density at radius 3 is 2.61 bits per heavy atom.